The number of aromatic nitrogens is 3. The molecule has 0 bridgehead atoms. The summed E-state index contributed by atoms with van der Waals surface area (Å²) in [6, 6.07) is 28.4. The van der Waals surface area contributed by atoms with Gasteiger partial charge in [-0.1, -0.05) is 54.6 Å². The van der Waals surface area contributed by atoms with E-state index in [0.717, 1.165) is 17.1 Å². The van der Waals surface area contributed by atoms with Crippen molar-refractivity contribution < 1.29 is 4.79 Å². The third kappa shape index (κ3) is 3.40. The third-order valence-corrected chi connectivity index (χ3v) is 4.53. The first-order valence-corrected chi connectivity index (χ1v) is 9.33. The Kier molecular flexibility index (Phi) is 5.17. The van der Waals surface area contributed by atoms with Crippen LogP contribution in [0.25, 0.3) is 5.69 Å². The molecule has 1 amide bonds. The van der Waals surface area contributed by atoms with Gasteiger partial charge in [-0.15, -0.1) is 21.8 Å². The van der Waals surface area contributed by atoms with E-state index in [1.54, 1.807) is 9.47 Å². The minimum Gasteiger partial charge on any atom is -0.274 e. The molecule has 0 fully saturated rings. The number of carbonyl (C=O) groups is 1. The molecule has 28 heavy (non-hydrogen) atoms. The van der Waals surface area contributed by atoms with Crippen LogP contribution in [-0.2, 0) is 5.88 Å². The minimum absolute atomic E-state index is 0.145. The molecule has 5 nitrogen and oxygen atoms in total. The molecule has 4 rings (SSSR count). The second-order valence-corrected chi connectivity index (χ2v) is 6.32. The van der Waals surface area contributed by atoms with E-state index in [0.29, 0.717) is 5.82 Å². The number of rotatable bonds is 5. The van der Waals surface area contributed by atoms with Crippen LogP contribution in [0.15, 0.2) is 91.0 Å². The van der Waals surface area contributed by atoms with Crippen LogP contribution < -0.4 is 4.90 Å². The number of para-hydroxylation sites is 3. The van der Waals surface area contributed by atoms with E-state index in [4.69, 9.17) is 11.6 Å². The molecule has 138 valence electrons. The summed E-state index contributed by atoms with van der Waals surface area (Å²) in [6.07, 6.45) is 0. The average Bonchev–Trinajstić information content (AvgIpc) is 3.20. The topological polar surface area (TPSA) is 51.0 Å². The number of alkyl halides is 1. The molecule has 4 aromatic rings. The quantitative estimate of drug-likeness (QED) is 0.453. The maximum Gasteiger partial charge on any atom is 0.301 e. The lowest BCUT2D eigenvalue weighted by atomic mass is 10.2. The highest BCUT2D eigenvalue weighted by Crippen LogP contribution is 2.28. The van der Waals surface area contributed by atoms with Crippen molar-refractivity contribution in [1.82, 2.24) is 14.8 Å². The fourth-order valence-corrected chi connectivity index (χ4v) is 3.20. The minimum atomic E-state index is -0.287. The standard InChI is InChI=1S/C22H17ClN4O/c23-16-20-24-25-21(27(20)19-14-8-3-9-15-19)22(28)26(17-10-4-1-5-11-17)18-12-6-2-7-13-18/h1-15H,16H2. The zero-order chi connectivity index (χ0) is 19.3. The van der Waals surface area contributed by atoms with E-state index in [-0.39, 0.29) is 17.6 Å². The fourth-order valence-electron chi connectivity index (χ4n) is 3.03. The third-order valence-electron chi connectivity index (χ3n) is 4.29. The predicted molar refractivity (Wildman–Crippen MR) is 110 cm³/mol. The second kappa shape index (κ2) is 8.06. The Hall–Kier alpha value is -3.44. The first-order valence-electron chi connectivity index (χ1n) is 8.80. The number of benzene rings is 3. The molecule has 0 unspecified atom stereocenters. The molecular weight excluding hydrogens is 372 g/mol. The molecule has 6 heteroatoms. The van der Waals surface area contributed by atoms with Gasteiger partial charge >= 0.3 is 5.91 Å². The molecular formula is C22H17ClN4O. The van der Waals surface area contributed by atoms with Gasteiger partial charge < -0.3 is 0 Å². The molecule has 0 spiro atoms. The van der Waals surface area contributed by atoms with Gasteiger partial charge in [0.2, 0.25) is 5.82 Å². The Morgan fingerprint density at radius 1 is 0.786 bits per heavy atom. The van der Waals surface area contributed by atoms with E-state index in [2.05, 4.69) is 10.2 Å². The molecule has 0 saturated heterocycles. The van der Waals surface area contributed by atoms with Crippen molar-refractivity contribution in [2.24, 2.45) is 0 Å². The van der Waals surface area contributed by atoms with Crippen LogP contribution in [0.3, 0.4) is 0 Å². The van der Waals surface area contributed by atoms with Crippen molar-refractivity contribution in [3.8, 4) is 5.69 Å². The van der Waals surface area contributed by atoms with Crippen molar-refractivity contribution in [1.29, 1.82) is 0 Å². The van der Waals surface area contributed by atoms with Crippen molar-refractivity contribution in [2.75, 3.05) is 4.90 Å². The monoisotopic (exact) mass is 388 g/mol. The van der Waals surface area contributed by atoms with E-state index in [1.165, 1.54) is 0 Å². The molecule has 3 aromatic carbocycles. The van der Waals surface area contributed by atoms with Crippen LogP contribution in [0.1, 0.15) is 16.4 Å². The van der Waals surface area contributed by atoms with Crippen LogP contribution in [0.5, 0.6) is 0 Å². The largest absolute Gasteiger partial charge is 0.301 e. The second-order valence-electron chi connectivity index (χ2n) is 6.06. The molecule has 1 aromatic heterocycles. The van der Waals surface area contributed by atoms with Gasteiger partial charge in [0.1, 0.15) is 0 Å². The molecule has 0 aliphatic carbocycles. The number of carbonyl (C=O) groups excluding carboxylic acids is 1. The van der Waals surface area contributed by atoms with Crippen molar-refractivity contribution in [3.05, 3.63) is 103 Å². The summed E-state index contributed by atoms with van der Waals surface area (Å²) in [7, 11) is 0. The van der Waals surface area contributed by atoms with Gasteiger partial charge in [0.05, 0.1) is 5.88 Å². The van der Waals surface area contributed by atoms with Gasteiger partial charge in [0.15, 0.2) is 5.82 Å². The van der Waals surface area contributed by atoms with E-state index < -0.39 is 0 Å². The highest BCUT2D eigenvalue weighted by molar-refractivity contribution is 6.17. The van der Waals surface area contributed by atoms with E-state index in [9.17, 15) is 4.79 Å². The Morgan fingerprint density at radius 2 is 1.29 bits per heavy atom. The summed E-state index contributed by atoms with van der Waals surface area (Å²) in [4.78, 5) is 15.3. The van der Waals surface area contributed by atoms with Crippen molar-refractivity contribution in [3.63, 3.8) is 0 Å². The summed E-state index contributed by atoms with van der Waals surface area (Å²) >= 11 is 6.07. The van der Waals surface area contributed by atoms with Gasteiger partial charge in [-0.3, -0.25) is 14.3 Å². The van der Waals surface area contributed by atoms with Crippen LogP contribution >= 0.6 is 11.6 Å². The normalized spacial score (nSPS) is 10.6. The van der Waals surface area contributed by atoms with Crippen LogP contribution in [0.4, 0.5) is 11.4 Å². The average molecular weight is 389 g/mol. The van der Waals surface area contributed by atoms with Gasteiger partial charge in [-0.25, -0.2) is 0 Å². The fraction of sp³-hybridized carbons (Fsp3) is 0.0455. The smallest absolute Gasteiger partial charge is 0.274 e. The van der Waals surface area contributed by atoms with Crippen LogP contribution in [0, 0.1) is 0 Å². The Morgan fingerprint density at radius 3 is 1.79 bits per heavy atom. The summed E-state index contributed by atoms with van der Waals surface area (Å²) in [6.45, 7) is 0. The number of hydrogen-bond acceptors (Lipinski definition) is 3. The Balaban J connectivity index is 1.86. The zero-order valence-electron chi connectivity index (χ0n) is 14.9. The maximum absolute atomic E-state index is 13.6. The number of anilines is 2. The first kappa shape index (κ1) is 17.9. The molecule has 0 N–H and O–H groups in total. The van der Waals surface area contributed by atoms with Crippen LogP contribution in [0.2, 0.25) is 0 Å². The molecule has 0 atom stereocenters. The summed E-state index contributed by atoms with van der Waals surface area (Å²) in [5.41, 5.74) is 2.27. The summed E-state index contributed by atoms with van der Waals surface area (Å²) in [5, 5.41) is 8.31. The summed E-state index contributed by atoms with van der Waals surface area (Å²) in [5.74, 6) is 0.572. The predicted octanol–water partition coefficient (Wildman–Crippen LogP) is 4.98. The lowest BCUT2D eigenvalue weighted by molar-refractivity contribution is 0.0987. The molecule has 1 heterocycles. The number of halogens is 1. The van der Waals surface area contributed by atoms with E-state index in [1.807, 2.05) is 91.0 Å². The maximum atomic E-state index is 13.6. The van der Waals surface area contributed by atoms with E-state index >= 15 is 0 Å². The highest BCUT2D eigenvalue weighted by Gasteiger charge is 2.27. The Labute approximate surface area is 167 Å². The summed E-state index contributed by atoms with van der Waals surface area (Å²) < 4.78 is 1.70. The van der Waals surface area contributed by atoms with Gasteiger partial charge in [0.25, 0.3) is 0 Å². The zero-order valence-corrected chi connectivity index (χ0v) is 15.7. The SMILES string of the molecule is O=C(c1nnc(CCl)n1-c1ccccc1)N(c1ccccc1)c1ccccc1. The molecule has 0 aliphatic heterocycles. The number of amides is 1. The molecule has 0 aliphatic rings. The molecule has 0 radical (unpaired) electrons. The lowest BCUT2D eigenvalue weighted by Gasteiger charge is -2.23. The molecule has 0 saturated carbocycles. The highest BCUT2D eigenvalue weighted by atomic mass is 35.5. The first-order chi connectivity index (χ1) is 13.8. The van der Waals surface area contributed by atoms with Crippen molar-refractivity contribution in [2.45, 2.75) is 5.88 Å². The van der Waals surface area contributed by atoms with Gasteiger partial charge in [-0.2, -0.15) is 0 Å². The van der Waals surface area contributed by atoms with Crippen LogP contribution in [-0.4, -0.2) is 20.7 Å². The van der Waals surface area contributed by atoms with Gasteiger partial charge in [0, 0.05) is 17.1 Å². The lowest BCUT2D eigenvalue weighted by Crippen LogP contribution is -2.29. The number of nitrogens with zero attached hydrogens (tertiary/aromatic N) is 4. The van der Waals surface area contributed by atoms with Gasteiger partial charge in [-0.05, 0) is 36.4 Å². The Bertz CT molecular complexity index is 1030. The number of hydrogen-bond donors (Lipinski definition) is 0. The van der Waals surface area contributed by atoms with Crippen molar-refractivity contribution >= 4 is 28.9 Å².